The molecule has 0 saturated heterocycles. The summed E-state index contributed by atoms with van der Waals surface area (Å²) in [5, 5.41) is 1.07. The van der Waals surface area contributed by atoms with Gasteiger partial charge in [0.05, 0.1) is 4.90 Å². The number of rotatable bonds is 3. The number of aromatic nitrogens is 2. The molecule has 4 rings (SSSR count). The first-order chi connectivity index (χ1) is 12.9. The first-order valence-electron chi connectivity index (χ1n) is 8.73. The number of benzene rings is 1. The van der Waals surface area contributed by atoms with Gasteiger partial charge in [0.15, 0.2) is 0 Å². The third-order valence-electron chi connectivity index (χ3n) is 5.02. The highest BCUT2D eigenvalue weighted by Crippen LogP contribution is 2.31. The van der Waals surface area contributed by atoms with Crippen molar-refractivity contribution < 1.29 is 12.8 Å². The van der Waals surface area contributed by atoms with Crippen LogP contribution in [0.1, 0.15) is 17.5 Å². The predicted molar refractivity (Wildman–Crippen MR) is 103 cm³/mol. The molecule has 0 bridgehead atoms. The molecular formula is C20H20FN3O2S. The Morgan fingerprint density at radius 1 is 1.22 bits per heavy atom. The van der Waals surface area contributed by atoms with E-state index in [1.54, 1.807) is 13.1 Å². The summed E-state index contributed by atoms with van der Waals surface area (Å²) in [7, 11) is -1.69. The highest BCUT2D eigenvalue weighted by molar-refractivity contribution is 7.89. The van der Waals surface area contributed by atoms with Crippen LogP contribution in [0.15, 0.2) is 53.7 Å². The fraction of sp³-hybridized carbons (Fsp3) is 0.250. The van der Waals surface area contributed by atoms with Crippen LogP contribution in [0.2, 0.25) is 0 Å². The number of nitrogens with zero attached hydrogens (tertiary/aromatic N) is 3. The van der Waals surface area contributed by atoms with Crippen molar-refractivity contribution in [1.82, 2.24) is 13.9 Å². The van der Waals surface area contributed by atoms with Gasteiger partial charge in [-0.15, -0.1) is 0 Å². The summed E-state index contributed by atoms with van der Waals surface area (Å²) >= 11 is 0. The molecule has 0 fully saturated rings. The highest BCUT2D eigenvalue weighted by atomic mass is 32.2. The third-order valence-corrected chi connectivity index (χ3v) is 6.88. The predicted octanol–water partition coefficient (Wildman–Crippen LogP) is 3.50. The molecule has 3 heterocycles. The zero-order valence-electron chi connectivity index (χ0n) is 15.2. The first kappa shape index (κ1) is 17.9. The van der Waals surface area contributed by atoms with Crippen molar-refractivity contribution in [3.05, 3.63) is 65.7 Å². The van der Waals surface area contributed by atoms with Crippen LogP contribution in [0.4, 0.5) is 4.39 Å². The van der Waals surface area contributed by atoms with E-state index in [0.29, 0.717) is 25.1 Å². The third kappa shape index (κ3) is 3.07. The Balaban J connectivity index is 1.63. The maximum Gasteiger partial charge on any atom is 0.243 e. The van der Waals surface area contributed by atoms with Gasteiger partial charge >= 0.3 is 0 Å². The Bertz CT molecular complexity index is 1170. The Labute approximate surface area is 157 Å². The largest absolute Gasteiger partial charge is 0.335 e. The number of fused-ring (bicyclic) bond motifs is 1. The topological polar surface area (TPSA) is 55.2 Å². The van der Waals surface area contributed by atoms with Crippen molar-refractivity contribution in [2.75, 3.05) is 13.1 Å². The molecule has 140 valence electrons. The number of aryl methyl sites for hydroxylation is 2. The van der Waals surface area contributed by atoms with E-state index in [1.807, 2.05) is 36.0 Å². The van der Waals surface area contributed by atoms with Crippen LogP contribution >= 0.6 is 0 Å². The molecule has 5 nitrogen and oxygen atoms in total. The molecule has 27 heavy (non-hydrogen) atoms. The molecule has 0 amide bonds. The molecule has 1 aliphatic heterocycles. The summed E-state index contributed by atoms with van der Waals surface area (Å²) in [4.78, 5) is 4.54. The monoisotopic (exact) mass is 385 g/mol. The lowest BCUT2D eigenvalue weighted by atomic mass is 10.0. The second kappa shape index (κ2) is 6.58. The van der Waals surface area contributed by atoms with Crippen molar-refractivity contribution >= 4 is 26.6 Å². The van der Waals surface area contributed by atoms with Gasteiger partial charge in [0.2, 0.25) is 10.0 Å². The van der Waals surface area contributed by atoms with Crippen LogP contribution in [-0.4, -0.2) is 35.4 Å². The quantitative estimate of drug-likeness (QED) is 0.693. The van der Waals surface area contributed by atoms with E-state index in [4.69, 9.17) is 0 Å². The minimum atomic E-state index is -3.64. The Kier molecular flexibility index (Phi) is 4.36. The molecule has 0 spiro atoms. The molecule has 7 heteroatoms. The molecule has 0 N–H and O–H groups in total. The number of sulfonamides is 1. The molecular weight excluding hydrogens is 365 g/mol. The number of hydrogen-bond donors (Lipinski definition) is 0. The van der Waals surface area contributed by atoms with Crippen LogP contribution in [0, 0.1) is 12.7 Å². The van der Waals surface area contributed by atoms with Crippen molar-refractivity contribution in [3.63, 3.8) is 0 Å². The van der Waals surface area contributed by atoms with E-state index in [9.17, 15) is 12.8 Å². The van der Waals surface area contributed by atoms with Crippen molar-refractivity contribution in [2.45, 2.75) is 18.2 Å². The molecule has 3 aromatic rings. The van der Waals surface area contributed by atoms with Crippen LogP contribution < -0.4 is 0 Å². The van der Waals surface area contributed by atoms with E-state index in [1.165, 1.54) is 22.5 Å². The molecule has 0 atom stereocenters. The molecule has 1 aromatic carbocycles. The number of hydrogen-bond acceptors (Lipinski definition) is 3. The second-order valence-corrected chi connectivity index (χ2v) is 8.72. The molecule has 0 radical (unpaired) electrons. The van der Waals surface area contributed by atoms with Crippen LogP contribution in [-0.2, 0) is 17.1 Å². The average Bonchev–Trinajstić information content (AvgIpc) is 3.01. The van der Waals surface area contributed by atoms with Gasteiger partial charge < -0.3 is 4.57 Å². The van der Waals surface area contributed by atoms with Crippen molar-refractivity contribution in [3.8, 4) is 0 Å². The van der Waals surface area contributed by atoms with Gasteiger partial charge in [0.1, 0.15) is 11.5 Å². The zero-order valence-corrected chi connectivity index (χ0v) is 16.0. The van der Waals surface area contributed by atoms with Crippen molar-refractivity contribution in [2.24, 2.45) is 7.05 Å². The van der Waals surface area contributed by atoms with Crippen LogP contribution in [0.25, 0.3) is 16.6 Å². The maximum atomic E-state index is 13.5. The normalized spacial score (nSPS) is 15.9. The summed E-state index contributed by atoms with van der Waals surface area (Å²) in [5.41, 5.74) is 3.45. The minimum absolute atomic E-state index is 0.132. The summed E-state index contributed by atoms with van der Waals surface area (Å²) in [5.74, 6) is -0.403. The fourth-order valence-electron chi connectivity index (χ4n) is 3.51. The molecule has 0 aliphatic carbocycles. The van der Waals surface area contributed by atoms with Crippen molar-refractivity contribution in [1.29, 1.82) is 0 Å². The number of pyridine rings is 1. The summed E-state index contributed by atoms with van der Waals surface area (Å²) < 4.78 is 42.6. The van der Waals surface area contributed by atoms with E-state index < -0.39 is 15.8 Å². The van der Waals surface area contributed by atoms with E-state index in [-0.39, 0.29) is 4.90 Å². The summed E-state index contributed by atoms with van der Waals surface area (Å²) in [6, 6.07) is 7.86. The van der Waals surface area contributed by atoms with Gasteiger partial charge in [-0.3, -0.25) is 0 Å². The zero-order chi connectivity index (χ0) is 19.2. The Hall–Kier alpha value is -2.51. The molecule has 0 unspecified atom stereocenters. The lowest BCUT2D eigenvalue weighted by molar-refractivity contribution is 0.441. The van der Waals surface area contributed by atoms with Gasteiger partial charge in [-0.2, -0.15) is 4.31 Å². The van der Waals surface area contributed by atoms with Gasteiger partial charge in [-0.05, 0) is 54.8 Å². The average molecular weight is 385 g/mol. The van der Waals surface area contributed by atoms with Gasteiger partial charge in [0, 0.05) is 43.5 Å². The van der Waals surface area contributed by atoms with E-state index >= 15 is 0 Å². The Morgan fingerprint density at radius 2 is 2.04 bits per heavy atom. The fourth-order valence-corrected chi connectivity index (χ4v) is 4.97. The highest BCUT2D eigenvalue weighted by Gasteiger charge is 2.27. The van der Waals surface area contributed by atoms with Crippen LogP contribution in [0.5, 0.6) is 0 Å². The summed E-state index contributed by atoms with van der Waals surface area (Å²) in [6.45, 7) is 2.25. The lowest BCUT2D eigenvalue weighted by Gasteiger charge is -2.26. The molecule has 0 saturated carbocycles. The minimum Gasteiger partial charge on any atom is -0.335 e. The molecule has 1 aliphatic rings. The van der Waals surface area contributed by atoms with Gasteiger partial charge in [-0.25, -0.2) is 17.8 Å². The van der Waals surface area contributed by atoms with E-state index in [0.717, 1.165) is 22.2 Å². The van der Waals surface area contributed by atoms with Gasteiger partial charge in [0.25, 0.3) is 0 Å². The summed E-state index contributed by atoms with van der Waals surface area (Å²) in [6.07, 6.45) is 6.38. The lowest BCUT2D eigenvalue weighted by Crippen LogP contribution is -2.34. The number of halogens is 1. The molecule has 2 aromatic heterocycles. The van der Waals surface area contributed by atoms with Gasteiger partial charge in [-0.1, -0.05) is 6.08 Å². The maximum absolute atomic E-state index is 13.5. The first-order valence-corrected chi connectivity index (χ1v) is 10.2. The second-order valence-electron chi connectivity index (χ2n) is 6.78. The Morgan fingerprint density at radius 3 is 2.74 bits per heavy atom. The smallest absolute Gasteiger partial charge is 0.243 e. The SMILES string of the molecule is Cc1cc(S(=O)(=O)N2CC=C(c3cn(C)c4ncccc34)CC2)ccc1F. The van der Waals surface area contributed by atoms with Crippen LogP contribution in [0.3, 0.4) is 0 Å². The van der Waals surface area contributed by atoms with E-state index in [2.05, 4.69) is 4.98 Å². The standard InChI is InChI=1S/C20H20FN3O2S/c1-14-12-16(5-6-19(14)21)27(25,26)24-10-7-15(8-11-24)18-13-23(2)20-17(18)4-3-9-22-20/h3-7,9,12-13H,8,10-11H2,1-2H3.